The van der Waals surface area contributed by atoms with Gasteiger partial charge in [0.15, 0.2) is 0 Å². The molecule has 0 aliphatic carbocycles. The minimum Gasteiger partial charge on any atom is -0.460 e. The standard InChI is InChI=1S/C15H16N2O3/c1-3-20-15(19)14(18)12-6-4-11(5-7-12)10-13-16-8-9-17(13)2/h4-9H,3,10H2,1-2H3. The molecular weight excluding hydrogens is 256 g/mol. The number of rotatable bonds is 5. The average molecular weight is 272 g/mol. The van der Waals surface area contributed by atoms with Crippen molar-refractivity contribution >= 4 is 11.8 Å². The van der Waals surface area contributed by atoms with E-state index in [2.05, 4.69) is 9.72 Å². The zero-order valence-electron chi connectivity index (χ0n) is 11.5. The second kappa shape index (κ2) is 6.14. The summed E-state index contributed by atoms with van der Waals surface area (Å²) in [6.45, 7) is 1.86. The first-order valence-electron chi connectivity index (χ1n) is 6.38. The fourth-order valence-electron chi connectivity index (χ4n) is 1.84. The minimum absolute atomic E-state index is 0.196. The molecule has 0 saturated carbocycles. The lowest BCUT2D eigenvalue weighted by Gasteiger charge is -2.04. The van der Waals surface area contributed by atoms with E-state index in [0.717, 1.165) is 11.4 Å². The molecule has 0 saturated heterocycles. The molecule has 2 rings (SSSR count). The van der Waals surface area contributed by atoms with Gasteiger partial charge in [-0.3, -0.25) is 4.79 Å². The Morgan fingerprint density at radius 2 is 1.95 bits per heavy atom. The Bertz CT molecular complexity index is 614. The van der Waals surface area contributed by atoms with Crippen molar-refractivity contribution in [2.45, 2.75) is 13.3 Å². The molecule has 0 fully saturated rings. The molecule has 0 atom stereocenters. The number of imidazole rings is 1. The fourth-order valence-corrected chi connectivity index (χ4v) is 1.84. The highest BCUT2D eigenvalue weighted by Crippen LogP contribution is 2.10. The highest BCUT2D eigenvalue weighted by molar-refractivity contribution is 6.40. The second-order valence-corrected chi connectivity index (χ2v) is 4.38. The zero-order valence-corrected chi connectivity index (χ0v) is 11.5. The summed E-state index contributed by atoms with van der Waals surface area (Å²) in [5.41, 5.74) is 1.37. The van der Waals surface area contributed by atoms with Crippen molar-refractivity contribution in [1.29, 1.82) is 0 Å². The van der Waals surface area contributed by atoms with Crippen LogP contribution in [0, 0.1) is 0 Å². The van der Waals surface area contributed by atoms with Gasteiger partial charge in [-0.2, -0.15) is 0 Å². The maximum absolute atomic E-state index is 11.7. The summed E-state index contributed by atoms with van der Waals surface area (Å²) in [6, 6.07) is 6.91. The number of esters is 1. The quantitative estimate of drug-likeness (QED) is 0.472. The van der Waals surface area contributed by atoms with E-state index >= 15 is 0 Å². The van der Waals surface area contributed by atoms with E-state index in [1.165, 1.54) is 0 Å². The molecular formula is C15H16N2O3. The minimum atomic E-state index is -0.815. The molecule has 1 heterocycles. The van der Waals surface area contributed by atoms with Gasteiger partial charge < -0.3 is 9.30 Å². The van der Waals surface area contributed by atoms with Gasteiger partial charge in [-0.25, -0.2) is 9.78 Å². The van der Waals surface area contributed by atoms with E-state index in [-0.39, 0.29) is 6.61 Å². The molecule has 1 aromatic heterocycles. The summed E-state index contributed by atoms with van der Waals surface area (Å²) in [7, 11) is 1.93. The largest absolute Gasteiger partial charge is 0.460 e. The first-order chi connectivity index (χ1) is 9.61. The van der Waals surface area contributed by atoms with Crippen LogP contribution in [0.5, 0.6) is 0 Å². The van der Waals surface area contributed by atoms with Crippen LogP contribution in [0.25, 0.3) is 0 Å². The van der Waals surface area contributed by atoms with Crippen LogP contribution in [0.4, 0.5) is 0 Å². The highest BCUT2D eigenvalue weighted by atomic mass is 16.5. The van der Waals surface area contributed by atoms with Crippen molar-refractivity contribution < 1.29 is 14.3 Å². The van der Waals surface area contributed by atoms with Crippen molar-refractivity contribution in [1.82, 2.24) is 9.55 Å². The third kappa shape index (κ3) is 3.12. The molecule has 1 aromatic carbocycles. The molecule has 104 valence electrons. The third-order valence-corrected chi connectivity index (χ3v) is 2.96. The molecule has 0 N–H and O–H groups in total. The highest BCUT2D eigenvalue weighted by Gasteiger charge is 2.17. The predicted octanol–water partition coefficient (Wildman–Crippen LogP) is 1.76. The van der Waals surface area contributed by atoms with Gasteiger partial charge in [0.05, 0.1) is 6.61 Å². The van der Waals surface area contributed by atoms with Crippen LogP contribution in [0.3, 0.4) is 0 Å². The zero-order chi connectivity index (χ0) is 14.5. The number of hydrogen-bond donors (Lipinski definition) is 0. The van der Waals surface area contributed by atoms with Gasteiger partial charge in [0.2, 0.25) is 0 Å². The molecule has 0 unspecified atom stereocenters. The van der Waals surface area contributed by atoms with Crippen LogP contribution in [0.1, 0.15) is 28.7 Å². The number of hydrogen-bond acceptors (Lipinski definition) is 4. The fraction of sp³-hybridized carbons (Fsp3) is 0.267. The van der Waals surface area contributed by atoms with Crippen LogP contribution in [-0.4, -0.2) is 27.9 Å². The number of ketones is 1. The molecule has 2 aromatic rings. The number of nitrogens with zero attached hydrogens (tertiary/aromatic N) is 2. The lowest BCUT2D eigenvalue weighted by molar-refractivity contribution is -0.137. The van der Waals surface area contributed by atoms with Gasteiger partial charge in [0, 0.05) is 31.4 Å². The Morgan fingerprint density at radius 1 is 1.25 bits per heavy atom. The Hall–Kier alpha value is -2.43. The molecule has 0 spiro atoms. The maximum Gasteiger partial charge on any atom is 0.379 e. The number of carbonyl (C=O) groups is 2. The molecule has 0 bridgehead atoms. The summed E-state index contributed by atoms with van der Waals surface area (Å²) in [5, 5.41) is 0. The van der Waals surface area contributed by atoms with Gasteiger partial charge in [0.25, 0.3) is 5.78 Å². The van der Waals surface area contributed by atoms with Gasteiger partial charge in [-0.05, 0) is 12.5 Å². The number of Topliss-reactive ketones (excluding diaryl/α,β-unsaturated/α-hetero) is 1. The third-order valence-electron chi connectivity index (χ3n) is 2.96. The maximum atomic E-state index is 11.7. The molecule has 5 heteroatoms. The Morgan fingerprint density at radius 3 is 2.50 bits per heavy atom. The summed E-state index contributed by atoms with van der Waals surface area (Å²) >= 11 is 0. The van der Waals surface area contributed by atoms with E-state index in [1.807, 2.05) is 29.9 Å². The first kappa shape index (κ1) is 14.0. The summed E-state index contributed by atoms with van der Waals surface area (Å²) < 4.78 is 6.63. The summed E-state index contributed by atoms with van der Waals surface area (Å²) in [4.78, 5) is 27.3. The normalized spacial score (nSPS) is 10.3. The van der Waals surface area contributed by atoms with E-state index < -0.39 is 11.8 Å². The van der Waals surface area contributed by atoms with Crippen molar-refractivity contribution in [3.63, 3.8) is 0 Å². The smallest absolute Gasteiger partial charge is 0.379 e. The topological polar surface area (TPSA) is 61.2 Å². The van der Waals surface area contributed by atoms with Crippen molar-refractivity contribution in [2.75, 3.05) is 6.61 Å². The number of aryl methyl sites for hydroxylation is 1. The number of ether oxygens (including phenoxy) is 1. The van der Waals surface area contributed by atoms with Crippen LogP contribution < -0.4 is 0 Å². The van der Waals surface area contributed by atoms with E-state index in [4.69, 9.17) is 0 Å². The van der Waals surface area contributed by atoms with E-state index in [1.54, 1.807) is 25.3 Å². The van der Waals surface area contributed by atoms with Gasteiger partial charge in [-0.15, -0.1) is 0 Å². The van der Waals surface area contributed by atoms with Crippen LogP contribution in [0.2, 0.25) is 0 Å². The summed E-state index contributed by atoms with van der Waals surface area (Å²) in [6.07, 6.45) is 4.30. The number of carbonyl (C=O) groups excluding carboxylic acids is 2. The predicted molar refractivity (Wildman–Crippen MR) is 73.4 cm³/mol. The van der Waals surface area contributed by atoms with Gasteiger partial charge in [-0.1, -0.05) is 24.3 Å². The average Bonchev–Trinajstić information content (AvgIpc) is 2.85. The number of aromatic nitrogens is 2. The Kier molecular flexibility index (Phi) is 4.30. The molecule has 20 heavy (non-hydrogen) atoms. The van der Waals surface area contributed by atoms with Crippen LogP contribution in [0.15, 0.2) is 36.7 Å². The van der Waals surface area contributed by atoms with Crippen molar-refractivity contribution in [3.05, 3.63) is 53.6 Å². The Labute approximate surface area is 117 Å². The van der Waals surface area contributed by atoms with Crippen LogP contribution in [-0.2, 0) is 23.0 Å². The van der Waals surface area contributed by atoms with Crippen LogP contribution >= 0.6 is 0 Å². The van der Waals surface area contributed by atoms with Crippen molar-refractivity contribution in [2.24, 2.45) is 7.05 Å². The van der Waals surface area contributed by atoms with E-state index in [0.29, 0.717) is 12.0 Å². The SMILES string of the molecule is CCOC(=O)C(=O)c1ccc(Cc2nccn2C)cc1. The molecule has 0 radical (unpaired) electrons. The first-order valence-corrected chi connectivity index (χ1v) is 6.38. The van der Waals surface area contributed by atoms with E-state index in [9.17, 15) is 9.59 Å². The van der Waals surface area contributed by atoms with Gasteiger partial charge >= 0.3 is 5.97 Å². The summed E-state index contributed by atoms with van der Waals surface area (Å²) in [5.74, 6) is -0.491. The lowest BCUT2D eigenvalue weighted by atomic mass is 10.1. The molecule has 0 amide bonds. The molecule has 0 aliphatic rings. The number of benzene rings is 1. The monoisotopic (exact) mass is 272 g/mol. The lowest BCUT2D eigenvalue weighted by Crippen LogP contribution is -2.17. The van der Waals surface area contributed by atoms with Gasteiger partial charge in [0.1, 0.15) is 5.82 Å². The van der Waals surface area contributed by atoms with Crippen molar-refractivity contribution in [3.8, 4) is 0 Å². The Balaban J connectivity index is 2.08. The molecule has 5 nitrogen and oxygen atoms in total. The molecule has 0 aliphatic heterocycles. The second-order valence-electron chi connectivity index (χ2n) is 4.38.